The molecule has 0 radical (unpaired) electrons. The smallest absolute Gasteiger partial charge is 0.240 e. The van der Waals surface area contributed by atoms with Crippen LogP contribution in [0.5, 0.6) is 0 Å². The van der Waals surface area contributed by atoms with Crippen LogP contribution in [0.15, 0.2) is 64.2 Å². The van der Waals surface area contributed by atoms with Crippen LogP contribution < -0.4 is 5.84 Å². The molecule has 0 aliphatic carbocycles. The molecule has 1 amide bonds. The van der Waals surface area contributed by atoms with Gasteiger partial charge in [0.25, 0.3) is 0 Å². The summed E-state index contributed by atoms with van der Waals surface area (Å²) >= 11 is 4.79. The molecule has 1 aromatic heterocycles. The van der Waals surface area contributed by atoms with Crippen LogP contribution in [0.2, 0.25) is 0 Å². The van der Waals surface area contributed by atoms with E-state index >= 15 is 0 Å². The van der Waals surface area contributed by atoms with Gasteiger partial charge in [0.2, 0.25) is 11.1 Å². The van der Waals surface area contributed by atoms with Crippen LogP contribution in [0.3, 0.4) is 0 Å². The Hall–Kier alpha value is -2.32. The largest absolute Gasteiger partial charge is 0.348 e. The van der Waals surface area contributed by atoms with Crippen LogP contribution in [0, 0.1) is 0 Å². The number of nitrogens with two attached hydrogens (primary N) is 1. The van der Waals surface area contributed by atoms with Crippen molar-refractivity contribution in [3.8, 4) is 11.4 Å². The van der Waals surface area contributed by atoms with Gasteiger partial charge in [0, 0.05) is 24.1 Å². The lowest BCUT2D eigenvalue weighted by Gasteiger charge is -2.20. The molecule has 0 aliphatic rings. The molecule has 3 aromatic rings. The van der Waals surface area contributed by atoms with E-state index in [2.05, 4.69) is 26.1 Å². The van der Waals surface area contributed by atoms with Gasteiger partial charge in [-0.3, -0.25) is 4.79 Å². The van der Waals surface area contributed by atoms with Gasteiger partial charge in [-0.15, -0.1) is 10.2 Å². The highest BCUT2D eigenvalue weighted by molar-refractivity contribution is 9.10. The van der Waals surface area contributed by atoms with Crippen LogP contribution in [-0.4, -0.2) is 39.8 Å². The second-order valence-electron chi connectivity index (χ2n) is 5.80. The number of carbonyl (C=O) groups is 1. The van der Waals surface area contributed by atoms with Crippen molar-refractivity contribution in [3.05, 3.63) is 64.6 Å². The van der Waals surface area contributed by atoms with E-state index in [0.717, 1.165) is 15.6 Å². The molecule has 0 saturated carbocycles. The zero-order valence-electron chi connectivity index (χ0n) is 14.3. The van der Waals surface area contributed by atoms with E-state index in [1.807, 2.05) is 54.6 Å². The normalized spacial score (nSPS) is 12.0. The second kappa shape index (κ2) is 7.92. The summed E-state index contributed by atoms with van der Waals surface area (Å²) in [5.41, 5.74) is 1.73. The van der Waals surface area contributed by atoms with Gasteiger partial charge in [0.1, 0.15) is 5.25 Å². The maximum absolute atomic E-state index is 12.7. The number of benzene rings is 2. The van der Waals surface area contributed by atoms with Gasteiger partial charge < -0.3 is 10.7 Å². The quantitative estimate of drug-likeness (QED) is 0.494. The molecule has 1 heterocycles. The van der Waals surface area contributed by atoms with Gasteiger partial charge >= 0.3 is 0 Å². The number of rotatable bonds is 5. The van der Waals surface area contributed by atoms with Crippen molar-refractivity contribution in [3.63, 3.8) is 0 Å². The van der Waals surface area contributed by atoms with Crippen molar-refractivity contribution in [2.45, 2.75) is 10.4 Å². The Morgan fingerprint density at radius 2 is 1.77 bits per heavy atom. The number of carbonyl (C=O) groups excluding carboxylic acids is 1. The molecular weight excluding hydrogens is 414 g/mol. The Bertz CT molecular complexity index is 913. The van der Waals surface area contributed by atoms with Crippen LogP contribution in [0.4, 0.5) is 0 Å². The van der Waals surface area contributed by atoms with Crippen LogP contribution in [-0.2, 0) is 4.79 Å². The maximum Gasteiger partial charge on any atom is 0.240 e. The Labute approximate surface area is 164 Å². The van der Waals surface area contributed by atoms with Crippen LogP contribution in [0.25, 0.3) is 11.4 Å². The summed E-state index contributed by atoms with van der Waals surface area (Å²) in [5.74, 6) is 6.73. The van der Waals surface area contributed by atoms with Crippen molar-refractivity contribution in [2.24, 2.45) is 0 Å². The molecule has 1 atom stereocenters. The summed E-state index contributed by atoms with van der Waals surface area (Å²) in [4.78, 5) is 14.3. The molecule has 134 valence electrons. The average Bonchev–Trinajstić information content (AvgIpc) is 3.00. The summed E-state index contributed by atoms with van der Waals surface area (Å²) in [5, 5.41) is 8.43. The van der Waals surface area contributed by atoms with Gasteiger partial charge in [-0.25, -0.2) is 4.68 Å². The highest BCUT2D eigenvalue weighted by atomic mass is 79.9. The minimum atomic E-state index is -0.454. The Kier molecular flexibility index (Phi) is 5.63. The van der Waals surface area contributed by atoms with Crippen molar-refractivity contribution in [1.82, 2.24) is 19.8 Å². The van der Waals surface area contributed by atoms with Crippen LogP contribution >= 0.6 is 27.7 Å². The number of amides is 1. The third-order valence-electron chi connectivity index (χ3n) is 3.77. The molecule has 1 unspecified atom stereocenters. The predicted octanol–water partition coefficient (Wildman–Crippen LogP) is 3.34. The van der Waals surface area contributed by atoms with Crippen molar-refractivity contribution in [2.75, 3.05) is 19.9 Å². The van der Waals surface area contributed by atoms with E-state index in [1.54, 1.807) is 19.0 Å². The second-order valence-corrected chi connectivity index (χ2v) is 7.72. The standard InChI is InChI=1S/C18H18BrN5OS/c1-23(2)17(25)15(12-8-4-3-5-9-12)26-18-22-21-16(24(18)20)13-10-6-7-11-14(13)19/h3-11,15H,20H2,1-2H3. The number of thioether (sulfide) groups is 1. The average molecular weight is 432 g/mol. The van der Waals surface area contributed by atoms with E-state index in [-0.39, 0.29) is 5.91 Å². The lowest BCUT2D eigenvalue weighted by atomic mass is 10.1. The van der Waals surface area contributed by atoms with Gasteiger partial charge in [-0.05, 0) is 17.7 Å². The molecule has 6 nitrogen and oxygen atoms in total. The van der Waals surface area contributed by atoms with E-state index in [9.17, 15) is 4.79 Å². The molecular formula is C18H18BrN5OS. The van der Waals surface area contributed by atoms with Gasteiger partial charge in [0.05, 0.1) is 0 Å². The monoisotopic (exact) mass is 431 g/mol. The zero-order valence-corrected chi connectivity index (χ0v) is 16.7. The zero-order chi connectivity index (χ0) is 18.7. The van der Waals surface area contributed by atoms with E-state index in [1.165, 1.54) is 16.4 Å². The minimum Gasteiger partial charge on any atom is -0.348 e. The highest BCUT2D eigenvalue weighted by Gasteiger charge is 2.26. The number of hydrogen-bond donors (Lipinski definition) is 1. The molecule has 0 fully saturated rings. The molecule has 26 heavy (non-hydrogen) atoms. The first-order valence-electron chi connectivity index (χ1n) is 7.87. The molecule has 0 aliphatic heterocycles. The number of hydrogen-bond acceptors (Lipinski definition) is 5. The lowest BCUT2D eigenvalue weighted by molar-refractivity contribution is -0.128. The number of halogens is 1. The van der Waals surface area contributed by atoms with E-state index in [0.29, 0.717) is 11.0 Å². The molecule has 0 bridgehead atoms. The summed E-state index contributed by atoms with van der Waals surface area (Å²) in [6, 6.07) is 17.2. The topological polar surface area (TPSA) is 77.0 Å². The molecule has 3 rings (SSSR count). The lowest BCUT2D eigenvalue weighted by Crippen LogP contribution is -2.27. The first kappa shape index (κ1) is 18.5. The minimum absolute atomic E-state index is 0.0355. The number of nitrogen functional groups attached to an aromatic ring is 1. The van der Waals surface area contributed by atoms with Crippen molar-refractivity contribution < 1.29 is 4.79 Å². The van der Waals surface area contributed by atoms with E-state index < -0.39 is 5.25 Å². The number of nitrogens with zero attached hydrogens (tertiary/aromatic N) is 4. The molecule has 2 aromatic carbocycles. The molecule has 0 spiro atoms. The fourth-order valence-corrected chi connectivity index (χ4v) is 3.98. The first-order valence-corrected chi connectivity index (χ1v) is 9.54. The fourth-order valence-electron chi connectivity index (χ4n) is 2.41. The third kappa shape index (κ3) is 3.76. The Morgan fingerprint density at radius 1 is 1.12 bits per heavy atom. The van der Waals surface area contributed by atoms with Crippen LogP contribution in [0.1, 0.15) is 10.8 Å². The van der Waals surface area contributed by atoms with Crippen molar-refractivity contribution >= 4 is 33.6 Å². The van der Waals surface area contributed by atoms with E-state index in [4.69, 9.17) is 5.84 Å². The van der Waals surface area contributed by atoms with Crippen molar-refractivity contribution in [1.29, 1.82) is 0 Å². The summed E-state index contributed by atoms with van der Waals surface area (Å²) in [6.07, 6.45) is 0. The first-order chi connectivity index (χ1) is 12.5. The summed E-state index contributed by atoms with van der Waals surface area (Å²) < 4.78 is 2.29. The number of aromatic nitrogens is 3. The highest BCUT2D eigenvalue weighted by Crippen LogP contribution is 2.36. The molecule has 8 heteroatoms. The SMILES string of the molecule is CN(C)C(=O)C(Sc1nnc(-c2ccccc2Br)n1N)c1ccccc1. The molecule has 2 N–H and O–H groups in total. The Morgan fingerprint density at radius 3 is 2.42 bits per heavy atom. The van der Waals surface area contributed by atoms with Gasteiger partial charge in [-0.2, -0.15) is 0 Å². The maximum atomic E-state index is 12.7. The summed E-state index contributed by atoms with van der Waals surface area (Å²) in [7, 11) is 3.47. The number of likely N-dealkylation sites (N-methyl/N-ethyl adjacent to an activating group) is 1. The predicted molar refractivity (Wildman–Crippen MR) is 107 cm³/mol. The third-order valence-corrected chi connectivity index (χ3v) is 5.66. The Balaban J connectivity index is 1.96. The van der Waals surface area contributed by atoms with Gasteiger partial charge in [0.15, 0.2) is 5.82 Å². The summed E-state index contributed by atoms with van der Waals surface area (Å²) in [6.45, 7) is 0. The fraction of sp³-hybridized carbons (Fsp3) is 0.167. The van der Waals surface area contributed by atoms with Gasteiger partial charge in [-0.1, -0.05) is 70.2 Å². The molecule has 0 saturated heterocycles.